The van der Waals surface area contributed by atoms with Gasteiger partial charge in [-0.2, -0.15) is 16.8 Å². The molecule has 8 N–H and O–H groups in total. The van der Waals surface area contributed by atoms with Gasteiger partial charge in [0.1, 0.15) is 30.7 Å². The minimum atomic E-state index is -4.86. The molecule has 4 aromatic rings. The van der Waals surface area contributed by atoms with Gasteiger partial charge in [-0.1, -0.05) is 36.6 Å². The van der Waals surface area contributed by atoms with E-state index in [1.807, 2.05) is 0 Å². The molecule has 0 bridgehead atoms. The van der Waals surface area contributed by atoms with Crippen LogP contribution in [-0.2, 0) is 20.2 Å². The molecule has 0 aliphatic heterocycles. The Balaban J connectivity index is 0.00000280. The van der Waals surface area contributed by atoms with Crippen LogP contribution in [0.5, 0.6) is 0 Å². The SMILES string of the molecule is O=S(=O)(O)c1cc(Nc2cc(=S)[nH]c(=S)[nH]2)ccc1-c1ccc(Nc2cc(=S)[nH]c(=S)[nH]2)cc1S(=O)(=O)O.[Na].[Na]. The summed E-state index contributed by atoms with van der Waals surface area (Å²) in [5.41, 5.74) is 0.0412. The summed E-state index contributed by atoms with van der Waals surface area (Å²) in [6, 6.07) is 10.6. The molecule has 2 aromatic carbocycles. The number of nitrogens with one attached hydrogen (secondary N) is 6. The molecule has 200 valence electrons. The second-order valence-corrected chi connectivity index (χ2v) is 12.1. The standard InChI is InChI=1S/C20H16N6O6S6.2Na/c27-37(28,29)13-5-9(21-15-7-17(33)25-19(35)23-15)1-3-11(13)12-4-2-10(6-14(12)38(30,31)32)22-16-8-18(34)26-20(36)24-16;;/h1-8H,(H,27,28,29)(H,30,31,32)(H3,21,23,25,33,35)(H3,22,24,26,34,36);;. The first-order chi connectivity index (χ1) is 17.7. The molecule has 0 spiro atoms. The molecule has 0 saturated heterocycles. The monoisotopic (exact) mass is 674 g/mol. The van der Waals surface area contributed by atoms with E-state index in [1.165, 1.54) is 36.4 Å². The van der Waals surface area contributed by atoms with E-state index in [0.717, 1.165) is 12.1 Å². The van der Waals surface area contributed by atoms with Crippen molar-refractivity contribution >= 4 is 151 Å². The third-order valence-corrected chi connectivity index (χ3v) is 7.52. The Morgan fingerprint density at radius 3 is 1.23 bits per heavy atom. The summed E-state index contributed by atoms with van der Waals surface area (Å²) in [6.07, 6.45) is 0. The molecular formula is C20H16N6Na2O6S6. The zero-order valence-corrected chi connectivity index (χ0v) is 29.5. The van der Waals surface area contributed by atoms with Crippen LogP contribution in [0.1, 0.15) is 0 Å². The Morgan fingerprint density at radius 1 is 0.575 bits per heavy atom. The number of H-pyrrole nitrogens is 4. The number of aromatic amines is 4. The Morgan fingerprint density at radius 2 is 0.925 bits per heavy atom. The maximum atomic E-state index is 12.3. The smallest absolute Gasteiger partial charge is 0.295 e. The van der Waals surface area contributed by atoms with Gasteiger partial charge in [0.2, 0.25) is 0 Å². The molecule has 20 heteroatoms. The molecule has 40 heavy (non-hydrogen) atoms. The molecule has 0 fully saturated rings. The van der Waals surface area contributed by atoms with Crippen LogP contribution in [0.2, 0.25) is 0 Å². The summed E-state index contributed by atoms with van der Waals surface area (Å²) >= 11 is 20.2. The number of rotatable bonds is 7. The predicted octanol–water partition coefficient (Wildman–Crippen LogP) is 4.80. The summed E-state index contributed by atoms with van der Waals surface area (Å²) in [6.45, 7) is 0. The molecule has 0 unspecified atom stereocenters. The molecule has 2 radical (unpaired) electrons. The molecule has 0 aliphatic carbocycles. The van der Waals surface area contributed by atoms with Gasteiger partial charge in [0, 0.05) is 93.7 Å². The van der Waals surface area contributed by atoms with Crippen LogP contribution in [0.3, 0.4) is 0 Å². The Hall–Kier alpha value is -1.10. The summed E-state index contributed by atoms with van der Waals surface area (Å²) in [5, 5.41) is 5.76. The third-order valence-electron chi connectivity index (χ3n) is 4.89. The topological polar surface area (TPSA) is 196 Å². The number of aromatic nitrogens is 4. The molecule has 0 aliphatic rings. The van der Waals surface area contributed by atoms with Gasteiger partial charge < -0.3 is 30.6 Å². The average Bonchev–Trinajstić information content (AvgIpc) is 2.76. The normalized spacial score (nSPS) is 11.2. The van der Waals surface area contributed by atoms with Crippen molar-refractivity contribution < 1.29 is 25.9 Å². The van der Waals surface area contributed by atoms with E-state index in [0.29, 0.717) is 20.9 Å². The minimum absolute atomic E-state index is 0. The first-order valence-electron chi connectivity index (χ1n) is 10.1. The van der Waals surface area contributed by atoms with Crippen molar-refractivity contribution in [3.63, 3.8) is 0 Å². The van der Waals surface area contributed by atoms with E-state index < -0.39 is 30.0 Å². The van der Waals surface area contributed by atoms with Gasteiger partial charge in [0.15, 0.2) is 9.54 Å². The quantitative estimate of drug-likeness (QED) is 0.0759. The van der Waals surface area contributed by atoms with Crippen LogP contribution >= 0.6 is 48.9 Å². The molecule has 2 aromatic heterocycles. The van der Waals surface area contributed by atoms with Crippen LogP contribution < -0.4 is 10.6 Å². The molecule has 0 atom stereocenters. The first kappa shape index (κ1) is 35.1. The van der Waals surface area contributed by atoms with Gasteiger partial charge in [-0.3, -0.25) is 9.11 Å². The predicted molar refractivity (Wildman–Crippen MR) is 163 cm³/mol. The van der Waals surface area contributed by atoms with Crippen molar-refractivity contribution in [1.82, 2.24) is 19.9 Å². The molecule has 12 nitrogen and oxygen atoms in total. The Labute approximate surface area is 292 Å². The summed E-state index contributed by atoms with van der Waals surface area (Å²) < 4.78 is 70.2. The molecule has 2 heterocycles. The van der Waals surface area contributed by atoms with Crippen molar-refractivity contribution in [1.29, 1.82) is 0 Å². The van der Waals surface area contributed by atoms with Gasteiger partial charge in [0.25, 0.3) is 20.2 Å². The van der Waals surface area contributed by atoms with Crippen molar-refractivity contribution in [3.8, 4) is 11.1 Å². The maximum absolute atomic E-state index is 12.3. The summed E-state index contributed by atoms with van der Waals surface area (Å²) in [5.74, 6) is 0.670. The molecule has 0 saturated carbocycles. The fourth-order valence-corrected chi connectivity index (χ4v) is 5.93. The number of benzene rings is 2. The molecular weight excluding hydrogens is 659 g/mol. The molecule has 4 rings (SSSR count). The Kier molecular flexibility index (Phi) is 12.2. The van der Waals surface area contributed by atoms with Crippen LogP contribution in [-0.4, -0.2) is 105 Å². The Bertz CT molecular complexity index is 1840. The fraction of sp³-hybridized carbons (Fsp3) is 0. The summed E-state index contributed by atoms with van der Waals surface area (Å²) in [4.78, 5) is 9.77. The second-order valence-electron chi connectivity index (χ2n) is 7.62. The van der Waals surface area contributed by atoms with Crippen LogP contribution in [0.4, 0.5) is 23.0 Å². The van der Waals surface area contributed by atoms with Crippen molar-refractivity contribution in [2.45, 2.75) is 9.79 Å². The van der Waals surface area contributed by atoms with E-state index in [2.05, 4.69) is 30.6 Å². The zero-order valence-electron chi connectivity index (χ0n) is 20.6. The van der Waals surface area contributed by atoms with E-state index in [9.17, 15) is 25.9 Å². The van der Waals surface area contributed by atoms with E-state index in [4.69, 9.17) is 48.9 Å². The van der Waals surface area contributed by atoms with E-state index >= 15 is 0 Å². The number of hydrogen-bond acceptors (Lipinski definition) is 10. The first-order valence-corrected chi connectivity index (χ1v) is 14.7. The minimum Gasteiger partial charge on any atom is -0.342 e. The van der Waals surface area contributed by atoms with E-state index in [-0.39, 0.29) is 91.2 Å². The van der Waals surface area contributed by atoms with Crippen LogP contribution in [0, 0.1) is 18.8 Å². The average molecular weight is 675 g/mol. The second kappa shape index (κ2) is 13.9. The van der Waals surface area contributed by atoms with Gasteiger partial charge in [-0.25, -0.2) is 0 Å². The van der Waals surface area contributed by atoms with E-state index in [1.54, 1.807) is 0 Å². The number of anilines is 4. The van der Waals surface area contributed by atoms with Crippen molar-refractivity contribution in [2.75, 3.05) is 10.6 Å². The number of hydrogen-bond donors (Lipinski definition) is 8. The van der Waals surface area contributed by atoms with Crippen LogP contribution in [0.25, 0.3) is 11.1 Å². The fourth-order valence-electron chi connectivity index (χ4n) is 3.46. The third kappa shape index (κ3) is 8.95. The summed E-state index contributed by atoms with van der Waals surface area (Å²) in [7, 11) is -9.73. The maximum Gasteiger partial charge on any atom is 0.295 e. The zero-order chi connectivity index (χ0) is 27.8. The largest absolute Gasteiger partial charge is 0.342 e. The van der Waals surface area contributed by atoms with Gasteiger partial charge in [0.05, 0.1) is 0 Å². The molecule has 0 amide bonds. The van der Waals surface area contributed by atoms with Gasteiger partial charge in [-0.15, -0.1) is 0 Å². The van der Waals surface area contributed by atoms with Gasteiger partial charge in [-0.05, 0) is 48.7 Å². The van der Waals surface area contributed by atoms with Crippen molar-refractivity contribution in [3.05, 3.63) is 67.4 Å². The van der Waals surface area contributed by atoms with Crippen LogP contribution in [0.15, 0.2) is 58.3 Å². The van der Waals surface area contributed by atoms with Crippen molar-refractivity contribution in [2.24, 2.45) is 0 Å². The van der Waals surface area contributed by atoms with Gasteiger partial charge >= 0.3 is 0 Å².